The Morgan fingerprint density at radius 3 is 2.48 bits per heavy atom. The molecule has 0 fully saturated rings. The summed E-state index contributed by atoms with van der Waals surface area (Å²) >= 11 is 0. The number of fused-ring (bicyclic) bond motifs is 1. The number of benzene rings is 2. The SMILES string of the molecule is CN(Cc1ccccc1)C(=O)C(CO)NC(=O)c1ccc2ccccc2n1. The highest BCUT2D eigenvalue weighted by molar-refractivity contribution is 5.97. The number of aromatic nitrogens is 1. The molecule has 2 amide bonds. The molecule has 1 heterocycles. The molecule has 0 saturated heterocycles. The first-order chi connectivity index (χ1) is 13.1. The number of carbonyl (C=O) groups is 2. The normalized spacial score (nSPS) is 11.8. The predicted octanol–water partition coefficient (Wildman–Crippen LogP) is 1.98. The molecule has 2 N–H and O–H groups in total. The van der Waals surface area contributed by atoms with Crippen LogP contribution in [0.3, 0.4) is 0 Å². The van der Waals surface area contributed by atoms with Crippen molar-refractivity contribution in [2.45, 2.75) is 12.6 Å². The van der Waals surface area contributed by atoms with Gasteiger partial charge in [-0.1, -0.05) is 54.6 Å². The van der Waals surface area contributed by atoms with Gasteiger partial charge in [-0.3, -0.25) is 9.59 Å². The Bertz CT molecular complexity index is 944. The maximum absolute atomic E-state index is 12.6. The number of para-hydroxylation sites is 1. The van der Waals surface area contributed by atoms with Gasteiger partial charge in [-0.05, 0) is 17.7 Å². The summed E-state index contributed by atoms with van der Waals surface area (Å²) in [6, 6.07) is 19.3. The van der Waals surface area contributed by atoms with E-state index in [4.69, 9.17) is 0 Å². The number of hydrogen-bond donors (Lipinski definition) is 2. The zero-order valence-electron chi connectivity index (χ0n) is 15.0. The van der Waals surface area contributed by atoms with E-state index in [1.807, 2.05) is 54.6 Å². The Balaban J connectivity index is 1.69. The second-order valence-electron chi connectivity index (χ2n) is 6.28. The second-order valence-corrected chi connectivity index (χ2v) is 6.28. The molecule has 3 aromatic rings. The smallest absolute Gasteiger partial charge is 0.270 e. The number of rotatable bonds is 6. The minimum atomic E-state index is -1.03. The minimum absolute atomic E-state index is 0.200. The molecule has 27 heavy (non-hydrogen) atoms. The van der Waals surface area contributed by atoms with E-state index in [1.165, 1.54) is 4.90 Å². The van der Waals surface area contributed by atoms with Gasteiger partial charge >= 0.3 is 0 Å². The molecule has 1 aromatic heterocycles. The standard InChI is InChI=1S/C21H21N3O3/c1-24(13-15-7-3-2-4-8-15)21(27)19(14-25)23-20(26)18-12-11-16-9-5-6-10-17(16)22-18/h2-12,19,25H,13-14H2,1H3,(H,23,26). The molecule has 0 aliphatic rings. The van der Waals surface area contributed by atoms with Gasteiger partial charge in [-0.15, -0.1) is 0 Å². The fraction of sp³-hybridized carbons (Fsp3) is 0.190. The van der Waals surface area contributed by atoms with Crippen LogP contribution in [0.5, 0.6) is 0 Å². The summed E-state index contributed by atoms with van der Waals surface area (Å²) in [5.74, 6) is -0.864. The van der Waals surface area contributed by atoms with E-state index < -0.39 is 18.6 Å². The molecule has 2 aromatic carbocycles. The highest BCUT2D eigenvalue weighted by atomic mass is 16.3. The monoisotopic (exact) mass is 363 g/mol. The van der Waals surface area contributed by atoms with Crippen LogP contribution in [0.1, 0.15) is 16.1 Å². The van der Waals surface area contributed by atoms with Crippen molar-refractivity contribution in [1.82, 2.24) is 15.2 Å². The molecular formula is C21H21N3O3. The molecule has 6 heteroatoms. The number of amides is 2. The topological polar surface area (TPSA) is 82.5 Å². The molecule has 1 unspecified atom stereocenters. The molecule has 0 aliphatic carbocycles. The van der Waals surface area contributed by atoms with Gasteiger partial charge in [0.15, 0.2) is 0 Å². The molecule has 0 aliphatic heterocycles. The molecule has 0 saturated carbocycles. The van der Waals surface area contributed by atoms with Crippen LogP contribution in [-0.2, 0) is 11.3 Å². The minimum Gasteiger partial charge on any atom is -0.394 e. The van der Waals surface area contributed by atoms with Crippen LogP contribution in [0.15, 0.2) is 66.7 Å². The van der Waals surface area contributed by atoms with E-state index in [-0.39, 0.29) is 11.6 Å². The molecule has 0 bridgehead atoms. The van der Waals surface area contributed by atoms with E-state index in [0.717, 1.165) is 10.9 Å². The molecule has 0 radical (unpaired) electrons. The fourth-order valence-electron chi connectivity index (χ4n) is 2.81. The van der Waals surface area contributed by atoms with Crippen molar-refractivity contribution in [1.29, 1.82) is 0 Å². The number of nitrogens with one attached hydrogen (secondary N) is 1. The van der Waals surface area contributed by atoms with Crippen LogP contribution < -0.4 is 5.32 Å². The fourth-order valence-corrected chi connectivity index (χ4v) is 2.81. The lowest BCUT2D eigenvalue weighted by molar-refractivity contribution is -0.133. The van der Waals surface area contributed by atoms with E-state index >= 15 is 0 Å². The second kappa shape index (κ2) is 8.42. The van der Waals surface area contributed by atoms with Crippen molar-refractivity contribution in [3.05, 3.63) is 78.0 Å². The number of hydrogen-bond acceptors (Lipinski definition) is 4. The number of nitrogens with zero attached hydrogens (tertiary/aromatic N) is 2. The number of carbonyl (C=O) groups excluding carboxylic acids is 2. The third-order valence-corrected chi connectivity index (χ3v) is 4.26. The Labute approximate surface area is 157 Å². The summed E-state index contributed by atoms with van der Waals surface area (Å²) in [4.78, 5) is 30.9. The average Bonchev–Trinajstić information content (AvgIpc) is 2.71. The van der Waals surface area contributed by atoms with E-state index in [2.05, 4.69) is 10.3 Å². The Hall–Kier alpha value is -3.25. The average molecular weight is 363 g/mol. The summed E-state index contributed by atoms with van der Waals surface area (Å²) in [6.07, 6.45) is 0. The van der Waals surface area contributed by atoms with E-state index in [1.54, 1.807) is 19.2 Å². The highest BCUT2D eigenvalue weighted by Gasteiger charge is 2.24. The Morgan fingerprint density at radius 2 is 1.74 bits per heavy atom. The van der Waals surface area contributed by atoms with Crippen LogP contribution >= 0.6 is 0 Å². The van der Waals surface area contributed by atoms with Crippen LogP contribution in [0.4, 0.5) is 0 Å². The van der Waals surface area contributed by atoms with Crippen molar-refractivity contribution in [3.63, 3.8) is 0 Å². The molecule has 6 nitrogen and oxygen atoms in total. The first-order valence-corrected chi connectivity index (χ1v) is 8.65. The van der Waals surface area contributed by atoms with Crippen molar-refractivity contribution >= 4 is 22.7 Å². The summed E-state index contributed by atoms with van der Waals surface area (Å²) in [6.45, 7) is -0.0997. The Kier molecular flexibility index (Phi) is 5.78. The highest BCUT2D eigenvalue weighted by Crippen LogP contribution is 2.12. The van der Waals surface area contributed by atoms with E-state index in [9.17, 15) is 14.7 Å². The van der Waals surface area contributed by atoms with Crippen molar-refractivity contribution < 1.29 is 14.7 Å². The number of pyridine rings is 1. The van der Waals surface area contributed by atoms with Gasteiger partial charge in [0.1, 0.15) is 11.7 Å². The molecule has 138 valence electrons. The maximum Gasteiger partial charge on any atom is 0.270 e. The van der Waals surface area contributed by atoms with Crippen molar-refractivity contribution in [2.24, 2.45) is 0 Å². The largest absolute Gasteiger partial charge is 0.394 e. The van der Waals surface area contributed by atoms with Gasteiger partial charge in [0.05, 0.1) is 12.1 Å². The van der Waals surface area contributed by atoms with Crippen LogP contribution in [0.25, 0.3) is 10.9 Å². The molecular weight excluding hydrogens is 342 g/mol. The molecule has 1 atom stereocenters. The first kappa shape index (κ1) is 18.5. The van der Waals surface area contributed by atoms with Crippen LogP contribution in [-0.4, -0.2) is 46.5 Å². The Morgan fingerprint density at radius 1 is 1.04 bits per heavy atom. The predicted molar refractivity (Wildman–Crippen MR) is 103 cm³/mol. The third kappa shape index (κ3) is 4.48. The molecule has 0 spiro atoms. The van der Waals surface area contributed by atoms with Crippen molar-refractivity contribution in [2.75, 3.05) is 13.7 Å². The number of aliphatic hydroxyl groups is 1. The van der Waals surface area contributed by atoms with Crippen LogP contribution in [0.2, 0.25) is 0 Å². The third-order valence-electron chi connectivity index (χ3n) is 4.26. The summed E-state index contributed by atoms with van der Waals surface area (Å²) in [5.41, 5.74) is 1.86. The van der Waals surface area contributed by atoms with Crippen molar-refractivity contribution in [3.8, 4) is 0 Å². The van der Waals surface area contributed by atoms with Gasteiger partial charge in [0.25, 0.3) is 5.91 Å². The lowest BCUT2D eigenvalue weighted by Crippen LogP contribution is -2.49. The van der Waals surface area contributed by atoms with Gasteiger partial charge in [0, 0.05) is 19.0 Å². The lowest BCUT2D eigenvalue weighted by atomic mass is 10.2. The summed E-state index contributed by atoms with van der Waals surface area (Å²) in [5, 5.41) is 13.1. The molecule has 3 rings (SSSR count). The van der Waals surface area contributed by atoms with E-state index in [0.29, 0.717) is 12.1 Å². The quantitative estimate of drug-likeness (QED) is 0.702. The van der Waals surface area contributed by atoms with Gasteiger partial charge in [-0.25, -0.2) is 4.98 Å². The first-order valence-electron chi connectivity index (χ1n) is 8.65. The van der Waals surface area contributed by atoms with Crippen LogP contribution in [0, 0.1) is 0 Å². The summed E-state index contributed by atoms with van der Waals surface area (Å²) in [7, 11) is 1.64. The zero-order chi connectivity index (χ0) is 19.2. The number of likely N-dealkylation sites (N-methyl/N-ethyl adjacent to an activating group) is 1. The lowest BCUT2D eigenvalue weighted by Gasteiger charge is -2.23. The van der Waals surface area contributed by atoms with Gasteiger partial charge in [-0.2, -0.15) is 0 Å². The maximum atomic E-state index is 12.6. The van der Waals surface area contributed by atoms with Gasteiger partial charge < -0.3 is 15.3 Å². The zero-order valence-corrected chi connectivity index (χ0v) is 15.0. The van der Waals surface area contributed by atoms with Gasteiger partial charge in [0.2, 0.25) is 5.91 Å². The number of aliphatic hydroxyl groups excluding tert-OH is 1. The summed E-state index contributed by atoms with van der Waals surface area (Å²) < 4.78 is 0.